The van der Waals surface area contributed by atoms with Gasteiger partial charge >= 0.3 is 0 Å². The van der Waals surface area contributed by atoms with E-state index in [0.717, 1.165) is 5.69 Å². The highest BCUT2D eigenvalue weighted by molar-refractivity contribution is 5.97. The average Bonchev–Trinajstić information content (AvgIpc) is 2.34. The number of aromatic nitrogens is 1. The molecule has 0 spiro atoms. The number of nitrogens with two attached hydrogens (primary N) is 1. The largest absolute Gasteiger partial charge is 0.373 e. The summed E-state index contributed by atoms with van der Waals surface area (Å²) in [5.41, 5.74) is 6.07. The Morgan fingerprint density at radius 1 is 1.32 bits per heavy atom. The van der Waals surface area contributed by atoms with E-state index >= 15 is 0 Å². The minimum absolute atomic E-state index is 0.175. The van der Waals surface area contributed by atoms with Gasteiger partial charge in [-0.1, -0.05) is 20.8 Å². The Kier molecular flexibility index (Phi) is 4.47. The number of carbonyl (C=O) groups excluding carboxylic acids is 2. The Balaban J connectivity index is 3.06. The standard InChI is InChI=1S/C13H20N4O2/c1-13(2,3)9-5-8(6-11(15-4)17-9)12(19)16-7-10(14)18/h5-6H,7H2,1-4H3,(H2,14,18)(H,15,17)(H,16,19). The Bertz CT molecular complexity index is 492. The number of pyridine rings is 1. The molecule has 19 heavy (non-hydrogen) atoms. The smallest absolute Gasteiger partial charge is 0.251 e. The second kappa shape index (κ2) is 5.69. The fourth-order valence-corrected chi connectivity index (χ4v) is 1.44. The van der Waals surface area contributed by atoms with Crippen molar-refractivity contribution in [2.45, 2.75) is 26.2 Å². The molecule has 1 rings (SSSR count). The SMILES string of the molecule is CNc1cc(C(=O)NCC(N)=O)cc(C(C)(C)C)n1. The van der Waals surface area contributed by atoms with Crippen LogP contribution in [0.4, 0.5) is 5.82 Å². The van der Waals surface area contributed by atoms with Crippen molar-refractivity contribution in [2.75, 3.05) is 18.9 Å². The van der Waals surface area contributed by atoms with Crippen LogP contribution >= 0.6 is 0 Å². The molecule has 2 amide bonds. The third-order valence-electron chi connectivity index (χ3n) is 2.54. The summed E-state index contributed by atoms with van der Waals surface area (Å²) in [5.74, 6) is -0.313. The highest BCUT2D eigenvalue weighted by Crippen LogP contribution is 2.23. The molecule has 0 aliphatic carbocycles. The van der Waals surface area contributed by atoms with Crippen LogP contribution in [0.2, 0.25) is 0 Å². The monoisotopic (exact) mass is 264 g/mol. The first-order valence-corrected chi connectivity index (χ1v) is 6.01. The molecule has 1 aromatic heterocycles. The molecule has 0 saturated carbocycles. The van der Waals surface area contributed by atoms with Gasteiger partial charge in [0.2, 0.25) is 5.91 Å². The molecule has 104 valence electrons. The van der Waals surface area contributed by atoms with E-state index in [9.17, 15) is 9.59 Å². The number of carbonyl (C=O) groups is 2. The van der Waals surface area contributed by atoms with Crippen LogP contribution in [0.1, 0.15) is 36.8 Å². The predicted octanol–water partition coefficient (Wildman–Crippen LogP) is 0.636. The quantitative estimate of drug-likeness (QED) is 0.743. The molecule has 0 radical (unpaired) electrons. The first-order valence-electron chi connectivity index (χ1n) is 6.01. The molecule has 1 aromatic rings. The number of rotatable bonds is 4. The van der Waals surface area contributed by atoms with Gasteiger partial charge in [0, 0.05) is 23.7 Å². The number of hydrogen-bond donors (Lipinski definition) is 3. The first-order chi connectivity index (χ1) is 8.74. The van der Waals surface area contributed by atoms with Gasteiger partial charge in [-0.05, 0) is 12.1 Å². The summed E-state index contributed by atoms with van der Waals surface area (Å²) in [7, 11) is 1.74. The van der Waals surface area contributed by atoms with E-state index < -0.39 is 5.91 Å². The van der Waals surface area contributed by atoms with Gasteiger partial charge < -0.3 is 16.4 Å². The lowest BCUT2D eigenvalue weighted by molar-refractivity contribution is -0.117. The number of nitrogens with one attached hydrogen (secondary N) is 2. The fraction of sp³-hybridized carbons (Fsp3) is 0.462. The van der Waals surface area contributed by atoms with E-state index in [4.69, 9.17) is 5.73 Å². The maximum atomic E-state index is 11.9. The number of anilines is 1. The lowest BCUT2D eigenvalue weighted by Gasteiger charge is -2.19. The van der Waals surface area contributed by atoms with Crippen molar-refractivity contribution >= 4 is 17.6 Å². The Labute approximate surface area is 112 Å². The normalized spacial score (nSPS) is 10.9. The predicted molar refractivity (Wildman–Crippen MR) is 74.0 cm³/mol. The second-order valence-electron chi connectivity index (χ2n) is 5.28. The minimum atomic E-state index is -0.577. The van der Waals surface area contributed by atoms with Gasteiger partial charge in [0.05, 0.1) is 6.54 Å². The molecule has 0 atom stereocenters. The molecule has 0 bridgehead atoms. The van der Waals surface area contributed by atoms with Crippen LogP contribution in [-0.2, 0) is 10.2 Å². The summed E-state index contributed by atoms with van der Waals surface area (Å²) in [4.78, 5) is 27.0. The molecule has 0 saturated heterocycles. The van der Waals surface area contributed by atoms with Gasteiger partial charge in [0.25, 0.3) is 5.91 Å². The molecule has 0 fully saturated rings. The molecule has 6 heteroatoms. The number of hydrogen-bond acceptors (Lipinski definition) is 4. The van der Waals surface area contributed by atoms with E-state index in [1.165, 1.54) is 0 Å². The fourth-order valence-electron chi connectivity index (χ4n) is 1.44. The van der Waals surface area contributed by atoms with Crippen LogP contribution in [0.3, 0.4) is 0 Å². The van der Waals surface area contributed by atoms with Gasteiger partial charge in [-0.15, -0.1) is 0 Å². The van der Waals surface area contributed by atoms with E-state index in [0.29, 0.717) is 11.4 Å². The first kappa shape index (κ1) is 14.9. The molecule has 0 aromatic carbocycles. The summed E-state index contributed by atoms with van der Waals surface area (Å²) in [6.45, 7) is 5.86. The molecular weight excluding hydrogens is 244 g/mol. The van der Waals surface area contributed by atoms with Crippen molar-refractivity contribution in [1.82, 2.24) is 10.3 Å². The van der Waals surface area contributed by atoms with E-state index in [-0.39, 0.29) is 17.9 Å². The van der Waals surface area contributed by atoms with Crippen LogP contribution in [0.5, 0.6) is 0 Å². The molecule has 4 N–H and O–H groups in total. The number of nitrogens with zero attached hydrogens (tertiary/aromatic N) is 1. The summed E-state index contributed by atoms with van der Waals surface area (Å²) in [6.07, 6.45) is 0. The van der Waals surface area contributed by atoms with Gasteiger partial charge in [-0.2, -0.15) is 0 Å². The number of primary amides is 1. The van der Waals surface area contributed by atoms with Crippen molar-refractivity contribution in [3.63, 3.8) is 0 Å². The van der Waals surface area contributed by atoms with E-state index in [2.05, 4.69) is 15.6 Å². The molecule has 0 unspecified atom stereocenters. The maximum absolute atomic E-state index is 11.9. The van der Waals surface area contributed by atoms with Gasteiger partial charge in [0.15, 0.2) is 0 Å². The topological polar surface area (TPSA) is 97.1 Å². The zero-order chi connectivity index (χ0) is 14.6. The minimum Gasteiger partial charge on any atom is -0.373 e. The average molecular weight is 264 g/mol. The molecule has 1 heterocycles. The van der Waals surface area contributed by atoms with Crippen LogP contribution < -0.4 is 16.4 Å². The summed E-state index contributed by atoms with van der Waals surface area (Å²) < 4.78 is 0. The van der Waals surface area contributed by atoms with Crippen molar-refractivity contribution in [1.29, 1.82) is 0 Å². The van der Waals surface area contributed by atoms with Gasteiger partial charge in [0.1, 0.15) is 5.82 Å². The molecule has 6 nitrogen and oxygen atoms in total. The third-order valence-corrected chi connectivity index (χ3v) is 2.54. The second-order valence-corrected chi connectivity index (χ2v) is 5.28. The highest BCUT2D eigenvalue weighted by atomic mass is 16.2. The van der Waals surface area contributed by atoms with Gasteiger partial charge in [-0.25, -0.2) is 4.98 Å². The van der Waals surface area contributed by atoms with E-state index in [1.54, 1.807) is 19.2 Å². The van der Waals surface area contributed by atoms with Crippen LogP contribution in [0.15, 0.2) is 12.1 Å². The van der Waals surface area contributed by atoms with Crippen LogP contribution in [-0.4, -0.2) is 30.4 Å². The van der Waals surface area contributed by atoms with Crippen LogP contribution in [0.25, 0.3) is 0 Å². The summed E-state index contributed by atoms with van der Waals surface area (Å²) in [5, 5.41) is 5.38. The Morgan fingerprint density at radius 3 is 2.42 bits per heavy atom. The molecule has 0 aliphatic heterocycles. The molecular formula is C13H20N4O2. The van der Waals surface area contributed by atoms with E-state index in [1.807, 2.05) is 20.8 Å². The molecule has 0 aliphatic rings. The highest BCUT2D eigenvalue weighted by Gasteiger charge is 2.19. The van der Waals surface area contributed by atoms with Crippen molar-refractivity contribution in [3.05, 3.63) is 23.4 Å². The summed E-state index contributed by atoms with van der Waals surface area (Å²) >= 11 is 0. The Hall–Kier alpha value is -2.11. The Morgan fingerprint density at radius 2 is 1.95 bits per heavy atom. The zero-order valence-electron chi connectivity index (χ0n) is 11.7. The van der Waals surface area contributed by atoms with Gasteiger partial charge in [-0.3, -0.25) is 9.59 Å². The maximum Gasteiger partial charge on any atom is 0.251 e. The number of amides is 2. The zero-order valence-corrected chi connectivity index (χ0v) is 11.7. The van der Waals surface area contributed by atoms with Crippen LogP contribution in [0, 0.1) is 0 Å². The lowest BCUT2D eigenvalue weighted by Crippen LogP contribution is -2.33. The van der Waals surface area contributed by atoms with Crippen molar-refractivity contribution in [2.24, 2.45) is 5.73 Å². The third kappa shape index (κ3) is 4.24. The van der Waals surface area contributed by atoms with Crippen molar-refractivity contribution in [3.8, 4) is 0 Å². The van der Waals surface area contributed by atoms with Crippen molar-refractivity contribution < 1.29 is 9.59 Å². The summed E-state index contributed by atoms with van der Waals surface area (Å²) in [6, 6.07) is 3.35. The lowest BCUT2D eigenvalue weighted by atomic mass is 9.90.